The first-order valence-electron chi connectivity index (χ1n) is 12.0. The van der Waals surface area contributed by atoms with E-state index in [2.05, 4.69) is 51.2 Å². The van der Waals surface area contributed by atoms with Crippen molar-refractivity contribution in [1.29, 1.82) is 0 Å². The Balaban J connectivity index is 1.50. The first-order chi connectivity index (χ1) is 17.6. The Kier molecular flexibility index (Phi) is 8.14. The fourth-order valence-corrected chi connectivity index (χ4v) is 4.06. The van der Waals surface area contributed by atoms with Crippen LogP contribution in [0.1, 0.15) is 34.6 Å². The number of aryl methyl sites for hydroxylation is 1. The third kappa shape index (κ3) is 7.53. The minimum absolute atomic E-state index is 0.0156. The highest BCUT2D eigenvalue weighted by Crippen LogP contribution is 2.34. The Labute approximate surface area is 227 Å². The van der Waals surface area contributed by atoms with Crippen molar-refractivity contribution < 1.29 is 4.74 Å². The number of nitrogens with zero attached hydrogens (tertiary/aromatic N) is 4. The maximum Gasteiger partial charge on any atom is 0.229 e. The van der Waals surface area contributed by atoms with Crippen molar-refractivity contribution >= 4 is 52.4 Å². The number of hydrogen-bond acceptors (Lipinski definition) is 8. The van der Waals surface area contributed by atoms with Crippen molar-refractivity contribution in [1.82, 2.24) is 19.7 Å². The predicted octanol–water partition coefficient (Wildman–Crippen LogP) is 7.66. The van der Waals surface area contributed by atoms with E-state index in [1.165, 1.54) is 0 Å². The van der Waals surface area contributed by atoms with E-state index in [4.69, 9.17) is 16.3 Å². The minimum Gasteiger partial charge on any atom is -0.490 e. The third-order valence-corrected chi connectivity index (χ3v) is 6.21. The molecule has 2 aromatic carbocycles. The van der Waals surface area contributed by atoms with Crippen molar-refractivity contribution in [2.75, 3.05) is 15.4 Å². The molecule has 0 atom stereocenters. The second-order valence-electron chi connectivity index (χ2n) is 9.81. The van der Waals surface area contributed by atoms with E-state index >= 15 is 0 Å². The van der Waals surface area contributed by atoms with Crippen LogP contribution >= 0.6 is 23.5 Å². The van der Waals surface area contributed by atoms with Gasteiger partial charge in [-0.1, -0.05) is 11.6 Å². The normalized spacial score (nSPS) is 11.5. The summed E-state index contributed by atoms with van der Waals surface area (Å²) in [5.74, 6) is 1.67. The summed E-state index contributed by atoms with van der Waals surface area (Å²) in [6.45, 7) is 10.5. The number of aromatic nitrogens is 4. The van der Waals surface area contributed by atoms with Crippen LogP contribution in [0.2, 0.25) is 5.02 Å². The molecule has 4 aromatic rings. The first-order valence-corrected chi connectivity index (χ1v) is 13.2. The van der Waals surface area contributed by atoms with E-state index < -0.39 is 0 Å². The Bertz CT molecular complexity index is 1350. The van der Waals surface area contributed by atoms with Crippen LogP contribution in [-0.2, 0) is 7.05 Å². The van der Waals surface area contributed by atoms with E-state index in [0.29, 0.717) is 16.8 Å². The van der Waals surface area contributed by atoms with Crippen molar-refractivity contribution in [3.8, 4) is 16.9 Å². The van der Waals surface area contributed by atoms with Gasteiger partial charge in [0.15, 0.2) is 5.82 Å². The van der Waals surface area contributed by atoms with E-state index in [9.17, 15) is 0 Å². The number of hydrogen-bond donors (Lipinski definition) is 3. The molecule has 4 rings (SSSR count). The molecule has 0 fully saturated rings. The van der Waals surface area contributed by atoms with Crippen molar-refractivity contribution in [2.24, 2.45) is 7.05 Å². The van der Waals surface area contributed by atoms with Crippen LogP contribution in [0.25, 0.3) is 11.1 Å². The van der Waals surface area contributed by atoms with Gasteiger partial charge in [0, 0.05) is 52.2 Å². The summed E-state index contributed by atoms with van der Waals surface area (Å²) in [5.41, 5.74) is 4.63. The molecular formula is C27H32ClN7OS. The number of halogens is 1. The molecular weight excluding hydrogens is 506 g/mol. The van der Waals surface area contributed by atoms with Gasteiger partial charge in [-0.05, 0) is 83.0 Å². The van der Waals surface area contributed by atoms with E-state index in [-0.39, 0.29) is 10.9 Å². The van der Waals surface area contributed by atoms with Gasteiger partial charge in [0.25, 0.3) is 0 Å². The fraction of sp³-hybridized carbons (Fsp3) is 0.296. The zero-order valence-electron chi connectivity index (χ0n) is 21.8. The topological polar surface area (TPSA) is 88.9 Å². The number of benzene rings is 2. The van der Waals surface area contributed by atoms with Crippen LogP contribution in [0.3, 0.4) is 0 Å². The van der Waals surface area contributed by atoms with Gasteiger partial charge in [-0.25, -0.2) is 4.98 Å². The Morgan fingerprint density at radius 2 is 1.68 bits per heavy atom. The molecule has 2 heterocycles. The van der Waals surface area contributed by atoms with Gasteiger partial charge >= 0.3 is 0 Å². The van der Waals surface area contributed by atoms with Crippen LogP contribution in [0.5, 0.6) is 5.75 Å². The largest absolute Gasteiger partial charge is 0.490 e. The van der Waals surface area contributed by atoms with Gasteiger partial charge in [0.2, 0.25) is 5.95 Å². The maximum atomic E-state index is 6.39. The molecule has 10 heteroatoms. The second-order valence-corrected chi connectivity index (χ2v) is 11.9. The van der Waals surface area contributed by atoms with Gasteiger partial charge in [-0.15, -0.1) is 0 Å². The van der Waals surface area contributed by atoms with E-state index in [1.807, 2.05) is 75.8 Å². The molecule has 0 spiro atoms. The Hall–Kier alpha value is -3.43. The highest BCUT2D eigenvalue weighted by Gasteiger charge is 2.13. The Morgan fingerprint density at radius 3 is 2.32 bits per heavy atom. The van der Waals surface area contributed by atoms with Crippen LogP contribution < -0.4 is 20.1 Å². The number of ether oxygens (including phenoxy) is 1. The fourth-order valence-electron chi connectivity index (χ4n) is 3.36. The van der Waals surface area contributed by atoms with E-state index in [1.54, 1.807) is 22.8 Å². The zero-order chi connectivity index (χ0) is 26.6. The molecule has 0 saturated carbocycles. The molecule has 0 aliphatic rings. The third-order valence-electron chi connectivity index (χ3n) is 4.98. The SMILES string of the molecule is CC(C)Oc1cc(Nc2ncc(Cl)c(Nc3ccc(NSC(C)(C)C)cc3)n2)ccc1-c1cnn(C)c1. The molecule has 0 aliphatic heterocycles. The first kappa shape index (κ1) is 26.6. The lowest BCUT2D eigenvalue weighted by Gasteiger charge is -2.18. The lowest BCUT2D eigenvalue weighted by molar-refractivity contribution is 0.243. The van der Waals surface area contributed by atoms with Gasteiger partial charge in [0.1, 0.15) is 10.8 Å². The number of nitrogens with one attached hydrogen (secondary N) is 3. The average Bonchev–Trinajstić information content (AvgIpc) is 3.26. The average molecular weight is 538 g/mol. The molecule has 0 unspecified atom stereocenters. The molecule has 2 aromatic heterocycles. The summed E-state index contributed by atoms with van der Waals surface area (Å²) in [5, 5.41) is 11.2. The Morgan fingerprint density at radius 1 is 0.973 bits per heavy atom. The maximum absolute atomic E-state index is 6.39. The molecule has 194 valence electrons. The highest BCUT2D eigenvalue weighted by atomic mass is 35.5. The summed E-state index contributed by atoms with van der Waals surface area (Å²) < 4.78 is 11.4. The number of anilines is 5. The summed E-state index contributed by atoms with van der Waals surface area (Å²) in [6, 6.07) is 13.9. The lowest BCUT2D eigenvalue weighted by atomic mass is 10.1. The van der Waals surface area contributed by atoms with Crippen LogP contribution in [0.4, 0.5) is 28.8 Å². The van der Waals surface area contributed by atoms with Crippen molar-refractivity contribution in [3.63, 3.8) is 0 Å². The molecule has 8 nitrogen and oxygen atoms in total. The van der Waals surface area contributed by atoms with E-state index in [0.717, 1.165) is 33.9 Å². The van der Waals surface area contributed by atoms with Gasteiger partial charge in [-0.2, -0.15) is 10.1 Å². The van der Waals surface area contributed by atoms with Crippen LogP contribution in [0, 0.1) is 0 Å². The van der Waals surface area contributed by atoms with Crippen LogP contribution in [-0.4, -0.2) is 30.6 Å². The zero-order valence-corrected chi connectivity index (χ0v) is 23.4. The molecule has 0 saturated heterocycles. The quantitative estimate of drug-likeness (QED) is 0.187. The predicted molar refractivity (Wildman–Crippen MR) is 155 cm³/mol. The second kappa shape index (κ2) is 11.3. The summed E-state index contributed by atoms with van der Waals surface area (Å²) >= 11 is 8.07. The highest BCUT2D eigenvalue weighted by molar-refractivity contribution is 8.01. The van der Waals surface area contributed by atoms with Crippen molar-refractivity contribution in [3.05, 3.63) is 66.1 Å². The van der Waals surface area contributed by atoms with Gasteiger partial charge in [0.05, 0.1) is 18.5 Å². The molecule has 0 bridgehead atoms. The lowest BCUT2D eigenvalue weighted by Crippen LogP contribution is -2.10. The summed E-state index contributed by atoms with van der Waals surface area (Å²) in [6.07, 6.45) is 5.37. The molecule has 3 N–H and O–H groups in total. The summed E-state index contributed by atoms with van der Waals surface area (Å²) in [7, 11) is 1.89. The van der Waals surface area contributed by atoms with Gasteiger partial charge < -0.3 is 20.1 Å². The molecule has 0 radical (unpaired) electrons. The van der Waals surface area contributed by atoms with Gasteiger partial charge in [-0.3, -0.25) is 4.68 Å². The monoisotopic (exact) mass is 537 g/mol. The smallest absolute Gasteiger partial charge is 0.229 e. The molecule has 0 aliphatic carbocycles. The molecule has 37 heavy (non-hydrogen) atoms. The minimum atomic E-state index is 0.0156. The van der Waals surface area contributed by atoms with Crippen LogP contribution in [0.15, 0.2) is 61.1 Å². The number of rotatable bonds is 9. The standard InChI is InChI=1S/C27H32ClN7OS/c1-17(2)36-24-13-21(11-12-22(24)18-14-30-35(6)16-18)32-26-29-15-23(28)25(33-26)31-19-7-9-20(10-8-19)34-37-27(3,4)5/h7-17,34H,1-6H3,(H2,29,31,32,33). The molecule has 0 amide bonds. The van der Waals surface area contributed by atoms with Crippen molar-refractivity contribution in [2.45, 2.75) is 45.5 Å². The summed E-state index contributed by atoms with van der Waals surface area (Å²) in [4.78, 5) is 8.94.